The average molecular weight is 226 g/mol. The van der Waals surface area contributed by atoms with Gasteiger partial charge in [0.1, 0.15) is 0 Å². The van der Waals surface area contributed by atoms with E-state index in [1.807, 2.05) is 13.1 Å². The number of amides is 1. The van der Waals surface area contributed by atoms with Crippen molar-refractivity contribution in [3.8, 4) is 0 Å². The second-order valence-corrected chi connectivity index (χ2v) is 5.14. The summed E-state index contributed by atoms with van der Waals surface area (Å²) in [6.45, 7) is 6.34. The average Bonchev–Trinajstić information content (AvgIpc) is 2.51. The lowest BCUT2D eigenvalue weighted by molar-refractivity contribution is -0.116. The molecule has 0 aliphatic carbocycles. The summed E-state index contributed by atoms with van der Waals surface area (Å²) in [5.74, 6) is 0.688. The maximum Gasteiger partial charge on any atom is 0.226 e. The van der Waals surface area contributed by atoms with Crippen molar-refractivity contribution in [3.05, 3.63) is 11.1 Å². The van der Waals surface area contributed by atoms with Gasteiger partial charge in [0.05, 0.1) is 0 Å². The highest BCUT2D eigenvalue weighted by atomic mass is 32.1. The highest BCUT2D eigenvalue weighted by Crippen LogP contribution is 2.21. The second-order valence-electron chi connectivity index (χ2n) is 4.03. The van der Waals surface area contributed by atoms with E-state index in [4.69, 9.17) is 0 Å². The van der Waals surface area contributed by atoms with Crippen LogP contribution in [0.3, 0.4) is 0 Å². The fraction of sp³-hybridized carbons (Fsp3) is 0.636. The summed E-state index contributed by atoms with van der Waals surface area (Å²) in [5, 5.41) is 3.53. The number of hydrogen-bond acceptors (Lipinski definition) is 3. The van der Waals surface area contributed by atoms with Crippen molar-refractivity contribution in [2.75, 3.05) is 5.32 Å². The molecule has 1 heterocycles. The van der Waals surface area contributed by atoms with Gasteiger partial charge < -0.3 is 5.32 Å². The molecule has 4 heteroatoms. The lowest BCUT2D eigenvalue weighted by atomic mass is 10.1. The first-order valence-corrected chi connectivity index (χ1v) is 6.18. The van der Waals surface area contributed by atoms with E-state index in [9.17, 15) is 4.79 Å². The number of aromatic nitrogens is 1. The zero-order valence-corrected chi connectivity index (χ0v) is 10.4. The Morgan fingerprint density at radius 1 is 1.60 bits per heavy atom. The van der Waals surface area contributed by atoms with Crippen LogP contribution in [0.5, 0.6) is 0 Å². The Hall–Kier alpha value is -0.900. The Kier molecular flexibility index (Phi) is 4.75. The molecule has 0 spiro atoms. The molecular weight excluding hydrogens is 208 g/mol. The predicted molar refractivity (Wildman–Crippen MR) is 64.2 cm³/mol. The van der Waals surface area contributed by atoms with Crippen LogP contribution in [-0.2, 0) is 11.2 Å². The van der Waals surface area contributed by atoms with Gasteiger partial charge in [0, 0.05) is 17.5 Å². The number of hydrogen-bond donors (Lipinski definition) is 1. The Balaban J connectivity index is 2.49. The van der Waals surface area contributed by atoms with E-state index in [-0.39, 0.29) is 5.91 Å². The number of carbonyl (C=O) groups is 1. The van der Waals surface area contributed by atoms with Crippen LogP contribution in [0.1, 0.15) is 38.5 Å². The Labute approximate surface area is 94.9 Å². The fourth-order valence-corrected chi connectivity index (χ4v) is 2.31. The summed E-state index contributed by atoms with van der Waals surface area (Å²) in [4.78, 5) is 16.7. The van der Waals surface area contributed by atoms with Gasteiger partial charge in [-0.15, -0.1) is 11.3 Å². The molecule has 1 aromatic rings. The van der Waals surface area contributed by atoms with Crippen molar-refractivity contribution in [2.45, 2.75) is 40.0 Å². The van der Waals surface area contributed by atoms with Crippen molar-refractivity contribution in [2.24, 2.45) is 5.92 Å². The standard InChI is InChI=1S/C11H18N2OS/c1-4-5-10(14)13-11-12-7-9(15-11)6-8(2)3/h7-8H,4-6H2,1-3H3,(H,12,13,14). The number of thiazole rings is 1. The van der Waals surface area contributed by atoms with Crippen molar-refractivity contribution in [3.63, 3.8) is 0 Å². The third-order valence-electron chi connectivity index (χ3n) is 1.89. The molecular formula is C11H18N2OS. The molecule has 1 amide bonds. The summed E-state index contributed by atoms with van der Waals surface area (Å²) in [6.07, 6.45) is 4.32. The minimum absolute atomic E-state index is 0.0583. The van der Waals surface area contributed by atoms with E-state index >= 15 is 0 Å². The van der Waals surface area contributed by atoms with Crippen LogP contribution >= 0.6 is 11.3 Å². The molecule has 3 nitrogen and oxygen atoms in total. The van der Waals surface area contributed by atoms with Crippen molar-refractivity contribution < 1.29 is 4.79 Å². The van der Waals surface area contributed by atoms with Gasteiger partial charge in [0.25, 0.3) is 0 Å². The SMILES string of the molecule is CCCC(=O)Nc1ncc(CC(C)C)s1. The first-order valence-electron chi connectivity index (χ1n) is 5.36. The van der Waals surface area contributed by atoms with Gasteiger partial charge in [0.2, 0.25) is 5.91 Å². The second kappa shape index (κ2) is 5.85. The van der Waals surface area contributed by atoms with Gasteiger partial charge >= 0.3 is 0 Å². The Morgan fingerprint density at radius 2 is 2.33 bits per heavy atom. The first-order chi connectivity index (χ1) is 7.11. The maximum absolute atomic E-state index is 11.3. The molecule has 0 fully saturated rings. The van der Waals surface area contributed by atoms with Crippen molar-refractivity contribution >= 4 is 22.4 Å². The van der Waals surface area contributed by atoms with Gasteiger partial charge in [-0.2, -0.15) is 0 Å². The zero-order chi connectivity index (χ0) is 11.3. The summed E-state index contributed by atoms with van der Waals surface area (Å²) >= 11 is 1.57. The topological polar surface area (TPSA) is 42.0 Å². The number of nitrogens with zero attached hydrogens (tertiary/aromatic N) is 1. The quantitative estimate of drug-likeness (QED) is 0.838. The third kappa shape index (κ3) is 4.42. The highest BCUT2D eigenvalue weighted by molar-refractivity contribution is 7.15. The molecule has 0 saturated carbocycles. The van der Waals surface area contributed by atoms with Crippen LogP contribution in [0.4, 0.5) is 5.13 Å². The predicted octanol–water partition coefficient (Wildman–Crippen LogP) is 3.08. The summed E-state index contributed by atoms with van der Waals surface area (Å²) < 4.78 is 0. The molecule has 0 saturated heterocycles. The molecule has 0 aliphatic rings. The molecule has 1 rings (SSSR count). The minimum Gasteiger partial charge on any atom is -0.302 e. The zero-order valence-electron chi connectivity index (χ0n) is 9.54. The Bertz CT molecular complexity index is 320. The van der Waals surface area contributed by atoms with Gasteiger partial charge in [-0.25, -0.2) is 4.98 Å². The number of anilines is 1. The van der Waals surface area contributed by atoms with Crippen molar-refractivity contribution in [1.29, 1.82) is 0 Å². The monoisotopic (exact) mass is 226 g/mol. The van der Waals surface area contributed by atoms with Crippen LogP contribution in [0.2, 0.25) is 0 Å². The summed E-state index contributed by atoms with van der Waals surface area (Å²) in [7, 11) is 0. The molecule has 1 aromatic heterocycles. The van der Waals surface area contributed by atoms with E-state index in [1.165, 1.54) is 4.88 Å². The minimum atomic E-state index is 0.0583. The molecule has 84 valence electrons. The molecule has 0 radical (unpaired) electrons. The maximum atomic E-state index is 11.3. The van der Waals surface area contributed by atoms with Gasteiger partial charge in [-0.05, 0) is 18.8 Å². The number of carbonyl (C=O) groups excluding carboxylic acids is 1. The van der Waals surface area contributed by atoms with Gasteiger partial charge in [0.15, 0.2) is 5.13 Å². The number of rotatable bonds is 5. The van der Waals surface area contributed by atoms with Crippen LogP contribution in [-0.4, -0.2) is 10.9 Å². The van der Waals surface area contributed by atoms with Crippen molar-refractivity contribution in [1.82, 2.24) is 4.98 Å². The van der Waals surface area contributed by atoms with E-state index in [0.29, 0.717) is 12.3 Å². The lowest BCUT2D eigenvalue weighted by Gasteiger charge is -1.99. The van der Waals surface area contributed by atoms with Gasteiger partial charge in [-0.3, -0.25) is 4.79 Å². The molecule has 0 aromatic carbocycles. The molecule has 0 bridgehead atoms. The smallest absolute Gasteiger partial charge is 0.226 e. The summed E-state index contributed by atoms with van der Waals surface area (Å²) in [5.41, 5.74) is 0. The summed E-state index contributed by atoms with van der Waals surface area (Å²) in [6, 6.07) is 0. The largest absolute Gasteiger partial charge is 0.302 e. The van der Waals surface area contributed by atoms with Crippen LogP contribution in [0.25, 0.3) is 0 Å². The first kappa shape index (κ1) is 12.2. The van der Waals surface area contributed by atoms with E-state index in [0.717, 1.165) is 18.0 Å². The van der Waals surface area contributed by atoms with E-state index in [2.05, 4.69) is 24.1 Å². The Morgan fingerprint density at radius 3 is 2.93 bits per heavy atom. The van der Waals surface area contributed by atoms with E-state index < -0.39 is 0 Å². The normalized spacial score (nSPS) is 10.7. The molecule has 0 atom stereocenters. The highest BCUT2D eigenvalue weighted by Gasteiger charge is 2.06. The van der Waals surface area contributed by atoms with Crippen LogP contribution < -0.4 is 5.32 Å². The lowest BCUT2D eigenvalue weighted by Crippen LogP contribution is -2.09. The van der Waals surface area contributed by atoms with Crippen LogP contribution in [0.15, 0.2) is 6.20 Å². The van der Waals surface area contributed by atoms with Gasteiger partial charge in [-0.1, -0.05) is 20.8 Å². The molecule has 0 unspecified atom stereocenters. The fourth-order valence-electron chi connectivity index (χ4n) is 1.27. The van der Waals surface area contributed by atoms with Crippen LogP contribution in [0, 0.1) is 5.92 Å². The molecule has 15 heavy (non-hydrogen) atoms. The molecule has 0 aliphatic heterocycles. The van der Waals surface area contributed by atoms with E-state index in [1.54, 1.807) is 11.3 Å². The molecule has 1 N–H and O–H groups in total. The number of nitrogens with one attached hydrogen (secondary N) is 1. The third-order valence-corrected chi connectivity index (χ3v) is 2.82.